The van der Waals surface area contributed by atoms with Gasteiger partial charge < -0.3 is 21.5 Å². The van der Waals surface area contributed by atoms with Crippen molar-refractivity contribution in [3.63, 3.8) is 0 Å². The number of amides is 2. The summed E-state index contributed by atoms with van der Waals surface area (Å²) in [6, 6.07) is 10.4. The van der Waals surface area contributed by atoms with Crippen LogP contribution in [0.2, 0.25) is 0 Å². The molecule has 174 valence electrons. The molecule has 2 rings (SSSR count). The molecule has 5 N–H and O–H groups in total. The van der Waals surface area contributed by atoms with Gasteiger partial charge in [0.05, 0.1) is 12.1 Å². The van der Waals surface area contributed by atoms with E-state index in [-0.39, 0.29) is 38.1 Å². The maximum atomic E-state index is 13.6. The minimum atomic E-state index is -1.00. The average Bonchev–Trinajstić information content (AvgIpc) is 2.72. The van der Waals surface area contributed by atoms with Crippen molar-refractivity contribution >= 4 is 11.8 Å². The molecule has 0 fully saturated rings. The molecule has 0 saturated carbocycles. The Balaban J connectivity index is 2.00. The lowest BCUT2D eigenvalue weighted by Gasteiger charge is -2.25. The van der Waals surface area contributed by atoms with Crippen LogP contribution >= 0.6 is 0 Å². The molecule has 0 heterocycles. The van der Waals surface area contributed by atoms with Gasteiger partial charge >= 0.3 is 0 Å². The van der Waals surface area contributed by atoms with Gasteiger partial charge in [0.1, 0.15) is 11.6 Å². The Hall–Kier alpha value is -2.84. The molecular formula is C24H31F2N3O3. The predicted molar refractivity (Wildman–Crippen MR) is 119 cm³/mol. The number of benzene rings is 2. The number of primary amides is 1. The predicted octanol–water partition coefficient (Wildman–Crippen LogP) is 2.36. The molecule has 0 aliphatic rings. The molecule has 2 amide bonds. The van der Waals surface area contributed by atoms with E-state index < -0.39 is 29.7 Å². The van der Waals surface area contributed by atoms with Gasteiger partial charge in [-0.1, -0.05) is 31.2 Å². The molecule has 0 aliphatic carbocycles. The van der Waals surface area contributed by atoms with Gasteiger partial charge in [0.2, 0.25) is 11.8 Å². The summed E-state index contributed by atoms with van der Waals surface area (Å²) in [7, 11) is 0. The SMILES string of the molecule is CCc1cccc(CNC[C@@H](O)[C@H](Cc2cc(F)cc(F)c2)NC(=O)CCCC(N)=O)c1. The molecule has 32 heavy (non-hydrogen) atoms. The van der Waals surface area contributed by atoms with Crippen LogP contribution in [0.5, 0.6) is 0 Å². The van der Waals surface area contributed by atoms with Crippen molar-refractivity contribution in [2.45, 2.75) is 57.7 Å². The number of carbonyl (C=O) groups is 2. The van der Waals surface area contributed by atoms with E-state index in [4.69, 9.17) is 5.73 Å². The van der Waals surface area contributed by atoms with Gasteiger partial charge in [-0.25, -0.2) is 8.78 Å². The molecule has 0 unspecified atom stereocenters. The fourth-order valence-electron chi connectivity index (χ4n) is 3.43. The third kappa shape index (κ3) is 9.11. The van der Waals surface area contributed by atoms with E-state index in [9.17, 15) is 23.5 Å². The first kappa shape index (κ1) is 25.4. The van der Waals surface area contributed by atoms with Crippen LogP contribution in [0.15, 0.2) is 42.5 Å². The van der Waals surface area contributed by atoms with Crippen molar-refractivity contribution in [1.29, 1.82) is 0 Å². The van der Waals surface area contributed by atoms with Gasteiger partial charge in [0.25, 0.3) is 0 Å². The number of hydrogen-bond donors (Lipinski definition) is 4. The van der Waals surface area contributed by atoms with Crippen LogP contribution < -0.4 is 16.4 Å². The van der Waals surface area contributed by atoms with Crippen molar-refractivity contribution in [2.24, 2.45) is 5.73 Å². The van der Waals surface area contributed by atoms with E-state index in [1.807, 2.05) is 18.2 Å². The van der Waals surface area contributed by atoms with Crippen molar-refractivity contribution in [1.82, 2.24) is 10.6 Å². The Labute approximate surface area is 187 Å². The fourth-order valence-corrected chi connectivity index (χ4v) is 3.43. The lowest BCUT2D eigenvalue weighted by Crippen LogP contribution is -2.48. The first-order chi connectivity index (χ1) is 15.3. The fraction of sp³-hybridized carbons (Fsp3) is 0.417. The van der Waals surface area contributed by atoms with Gasteiger partial charge in [0.15, 0.2) is 0 Å². The second-order valence-corrected chi connectivity index (χ2v) is 7.85. The second-order valence-electron chi connectivity index (χ2n) is 7.85. The molecule has 0 saturated heterocycles. The highest BCUT2D eigenvalue weighted by Crippen LogP contribution is 2.13. The highest BCUT2D eigenvalue weighted by atomic mass is 19.1. The molecule has 0 spiro atoms. The maximum Gasteiger partial charge on any atom is 0.220 e. The summed E-state index contributed by atoms with van der Waals surface area (Å²) in [4.78, 5) is 23.1. The zero-order chi connectivity index (χ0) is 23.5. The van der Waals surface area contributed by atoms with Crippen molar-refractivity contribution in [3.8, 4) is 0 Å². The summed E-state index contributed by atoms with van der Waals surface area (Å²) in [6.07, 6.45) is 0.380. The third-order valence-electron chi connectivity index (χ3n) is 5.10. The molecule has 0 aliphatic heterocycles. The molecule has 0 bridgehead atoms. The van der Waals surface area contributed by atoms with E-state index in [0.29, 0.717) is 12.1 Å². The zero-order valence-electron chi connectivity index (χ0n) is 18.2. The first-order valence-corrected chi connectivity index (χ1v) is 10.8. The number of nitrogens with one attached hydrogen (secondary N) is 2. The Bertz CT molecular complexity index is 888. The summed E-state index contributed by atoms with van der Waals surface area (Å²) in [6.45, 7) is 2.77. The van der Waals surface area contributed by atoms with Crippen LogP contribution in [0, 0.1) is 11.6 Å². The van der Waals surface area contributed by atoms with Crippen LogP contribution in [0.25, 0.3) is 0 Å². The summed E-state index contributed by atoms with van der Waals surface area (Å²) in [5.41, 5.74) is 7.68. The van der Waals surface area contributed by atoms with Crippen LogP contribution in [-0.2, 0) is 29.0 Å². The quantitative estimate of drug-likeness (QED) is 0.378. The topological polar surface area (TPSA) is 104 Å². The highest BCUT2D eigenvalue weighted by Gasteiger charge is 2.22. The number of aryl methyl sites for hydroxylation is 1. The maximum absolute atomic E-state index is 13.6. The van der Waals surface area contributed by atoms with E-state index in [0.717, 1.165) is 18.1 Å². The summed E-state index contributed by atoms with van der Waals surface area (Å²) in [5.74, 6) is -2.33. The van der Waals surface area contributed by atoms with Crippen LogP contribution in [0.4, 0.5) is 8.78 Å². The molecule has 0 aromatic heterocycles. The van der Waals surface area contributed by atoms with Crippen LogP contribution in [0.3, 0.4) is 0 Å². The minimum absolute atomic E-state index is 0.0460. The molecule has 6 nitrogen and oxygen atoms in total. The van der Waals surface area contributed by atoms with E-state index >= 15 is 0 Å². The number of rotatable bonds is 13. The summed E-state index contributed by atoms with van der Waals surface area (Å²) < 4.78 is 27.2. The Morgan fingerprint density at radius 2 is 1.72 bits per heavy atom. The zero-order valence-corrected chi connectivity index (χ0v) is 18.2. The van der Waals surface area contributed by atoms with Crippen molar-refractivity contribution in [2.75, 3.05) is 6.54 Å². The normalized spacial score (nSPS) is 12.9. The second kappa shape index (κ2) is 12.9. The van der Waals surface area contributed by atoms with E-state index in [2.05, 4.69) is 23.6 Å². The van der Waals surface area contributed by atoms with Crippen LogP contribution in [0.1, 0.15) is 42.9 Å². The van der Waals surface area contributed by atoms with Crippen LogP contribution in [-0.4, -0.2) is 35.6 Å². The molecule has 8 heteroatoms. The monoisotopic (exact) mass is 447 g/mol. The van der Waals surface area contributed by atoms with Gasteiger partial charge in [-0.05, 0) is 48.1 Å². The van der Waals surface area contributed by atoms with Crippen molar-refractivity contribution in [3.05, 3.63) is 70.8 Å². The number of hydrogen-bond acceptors (Lipinski definition) is 4. The number of carbonyl (C=O) groups excluding carboxylic acids is 2. The smallest absolute Gasteiger partial charge is 0.220 e. The Morgan fingerprint density at radius 3 is 2.38 bits per heavy atom. The Kier molecular flexibility index (Phi) is 10.2. The minimum Gasteiger partial charge on any atom is -0.390 e. The standard InChI is InChI=1S/C24H31F2N3O3/c1-2-16-5-3-6-17(9-16)14-28-15-22(30)21(29-24(32)8-4-7-23(27)31)12-18-10-19(25)13-20(26)11-18/h3,5-6,9-11,13,21-22,28,30H,2,4,7-8,12,14-15H2,1H3,(H2,27,31)(H,29,32)/t21-,22+/m0/s1. The molecule has 2 aromatic rings. The van der Waals surface area contributed by atoms with Gasteiger partial charge in [-0.3, -0.25) is 9.59 Å². The number of halogens is 2. The van der Waals surface area contributed by atoms with Gasteiger partial charge in [0, 0.05) is 32.0 Å². The third-order valence-corrected chi connectivity index (χ3v) is 5.10. The summed E-state index contributed by atoms with van der Waals surface area (Å²) in [5, 5.41) is 16.6. The van der Waals surface area contributed by atoms with E-state index in [1.54, 1.807) is 0 Å². The number of aliphatic hydroxyl groups excluding tert-OH is 1. The molecule has 2 atom stereocenters. The Morgan fingerprint density at radius 1 is 1.03 bits per heavy atom. The lowest BCUT2D eigenvalue weighted by molar-refractivity contribution is -0.123. The van der Waals surface area contributed by atoms with E-state index in [1.165, 1.54) is 17.7 Å². The average molecular weight is 448 g/mol. The van der Waals surface area contributed by atoms with Gasteiger partial charge in [-0.2, -0.15) is 0 Å². The van der Waals surface area contributed by atoms with Gasteiger partial charge in [-0.15, -0.1) is 0 Å². The molecule has 2 aromatic carbocycles. The summed E-state index contributed by atoms with van der Waals surface area (Å²) >= 11 is 0. The highest BCUT2D eigenvalue weighted by molar-refractivity contribution is 5.78. The molecular weight excluding hydrogens is 416 g/mol. The van der Waals surface area contributed by atoms with Crippen molar-refractivity contribution < 1.29 is 23.5 Å². The largest absolute Gasteiger partial charge is 0.390 e. The molecule has 0 radical (unpaired) electrons. The number of aliphatic hydroxyl groups is 1. The first-order valence-electron chi connectivity index (χ1n) is 10.8. The lowest BCUT2D eigenvalue weighted by atomic mass is 10.00. The number of nitrogens with two attached hydrogens (primary N) is 1.